The quantitative estimate of drug-likeness (QED) is 0.740. The molecule has 0 amide bonds. The van der Waals surface area contributed by atoms with Crippen LogP contribution in [-0.2, 0) is 9.53 Å². The molecule has 0 saturated carbocycles. The normalized spacial score (nSPS) is 27.8. The largest absolute Gasteiger partial charge is 0.468 e. The molecule has 100 valence electrons. The number of hydrogen-bond donors (Lipinski definition) is 1. The van der Waals surface area contributed by atoms with Gasteiger partial charge in [0.05, 0.1) is 7.11 Å². The second-order valence-corrected chi connectivity index (χ2v) is 4.96. The number of ether oxygens (including phenoxy) is 1. The molecule has 0 spiro atoms. The average molecular weight is 242 g/mol. The van der Waals surface area contributed by atoms with Gasteiger partial charge in [0.15, 0.2) is 0 Å². The minimum Gasteiger partial charge on any atom is -0.468 e. The molecule has 1 aliphatic rings. The number of nitrogens with zero attached hydrogens (tertiary/aromatic N) is 1. The lowest BCUT2D eigenvalue weighted by Crippen LogP contribution is -2.53. The number of methoxy groups -OCH3 is 1. The third-order valence-corrected chi connectivity index (χ3v) is 3.71. The van der Waals surface area contributed by atoms with Crippen molar-refractivity contribution in [2.24, 2.45) is 0 Å². The summed E-state index contributed by atoms with van der Waals surface area (Å²) in [6.45, 7) is 8.05. The molecule has 4 heteroatoms. The van der Waals surface area contributed by atoms with E-state index in [9.17, 15) is 4.79 Å². The molecule has 1 aliphatic heterocycles. The lowest BCUT2D eigenvalue weighted by atomic mass is 9.97. The van der Waals surface area contributed by atoms with E-state index in [-0.39, 0.29) is 12.0 Å². The minimum atomic E-state index is -0.201. The highest BCUT2D eigenvalue weighted by Gasteiger charge is 2.29. The first kappa shape index (κ1) is 14.5. The van der Waals surface area contributed by atoms with Gasteiger partial charge in [0.2, 0.25) is 0 Å². The first-order valence-corrected chi connectivity index (χ1v) is 6.67. The molecule has 1 fully saturated rings. The Morgan fingerprint density at radius 2 is 2.00 bits per heavy atom. The smallest absolute Gasteiger partial charge is 0.324 e. The first-order chi connectivity index (χ1) is 8.10. The molecule has 0 bridgehead atoms. The lowest BCUT2D eigenvalue weighted by Gasteiger charge is -2.40. The molecule has 3 atom stereocenters. The standard InChI is InChI=1S/C13H26N2O2/c1-5-14-12(13(16)17-4)9-15-10(2)7-6-8-11(15)3/h10-12,14H,5-9H2,1-4H3/t10-,11+,12?. The number of rotatable bonds is 5. The zero-order valence-corrected chi connectivity index (χ0v) is 11.5. The van der Waals surface area contributed by atoms with E-state index in [1.54, 1.807) is 0 Å². The Morgan fingerprint density at radius 1 is 1.41 bits per heavy atom. The SMILES string of the molecule is CCNC(CN1[C@H](C)CCC[C@@H]1C)C(=O)OC. The van der Waals surface area contributed by atoms with Crippen LogP contribution in [0.4, 0.5) is 0 Å². The van der Waals surface area contributed by atoms with Crippen molar-refractivity contribution in [2.75, 3.05) is 20.2 Å². The summed E-state index contributed by atoms with van der Waals surface area (Å²) in [5.41, 5.74) is 0. The molecule has 17 heavy (non-hydrogen) atoms. The molecule has 4 nitrogen and oxygen atoms in total. The van der Waals surface area contributed by atoms with Gasteiger partial charge in [-0.2, -0.15) is 0 Å². The first-order valence-electron chi connectivity index (χ1n) is 6.67. The summed E-state index contributed by atoms with van der Waals surface area (Å²) in [6, 6.07) is 0.919. The van der Waals surface area contributed by atoms with E-state index in [0.717, 1.165) is 13.1 Å². The monoisotopic (exact) mass is 242 g/mol. The molecular formula is C13H26N2O2. The van der Waals surface area contributed by atoms with E-state index in [1.165, 1.54) is 26.4 Å². The topological polar surface area (TPSA) is 41.6 Å². The third kappa shape index (κ3) is 3.96. The van der Waals surface area contributed by atoms with Crippen molar-refractivity contribution in [3.63, 3.8) is 0 Å². The van der Waals surface area contributed by atoms with Crippen LogP contribution in [0.5, 0.6) is 0 Å². The number of esters is 1. The summed E-state index contributed by atoms with van der Waals surface area (Å²) >= 11 is 0. The van der Waals surface area contributed by atoms with Gasteiger partial charge in [0.1, 0.15) is 6.04 Å². The average Bonchev–Trinajstić information content (AvgIpc) is 2.31. The van der Waals surface area contributed by atoms with E-state index >= 15 is 0 Å². The van der Waals surface area contributed by atoms with E-state index < -0.39 is 0 Å². The zero-order valence-electron chi connectivity index (χ0n) is 11.5. The van der Waals surface area contributed by atoms with Crippen molar-refractivity contribution in [1.29, 1.82) is 0 Å². The van der Waals surface area contributed by atoms with Crippen LogP contribution >= 0.6 is 0 Å². The highest BCUT2D eigenvalue weighted by atomic mass is 16.5. The lowest BCUT2D eigenvalue weighted by molar-refractivity contribution is -0.144. The summed E-state index contributed by atoms with van der Waals surface area (Å²) < 4.78 is 4.85. The Balaban J connectivity index is 2.60. The summed E-state index contributed by atoms with van der Waals surface area (Å²) in [5.74, 6) is -0.156. The molecule has 1 saturated heterocycles. The second-order valence-electron chi connectivity index (χ2n) is 4.96. The molecule has 1 rings (SSSR count). The van der Waals surface area contributed by atoms with Crippen LogP contribution in [0, 0.1) is 0 Å². The van der Waals surface area contributed by atoms with Crippen molar-refractivity contribution in [1.82, 2.24) is 10.2 Å². The number of carbonyl (C=O) groups is 1. The Hall–Kier alpha value is -0.610. The Morgan fingerprint density at radius 3 is 2.47 bits per heavy atom. The fourth-order valence-electron chi connectivity index (χ4n) is 2.66. The fourth-order valence-corrected chi connectivity index (χ4v) is 2.66. The van der Waals surface area contributed by atoms with Gasteiger partial charge >= 0.3 is 5.97 Å². The molecular weight excluding hydrogens is 216 g/mol. The van der Waals surface area contributed by atoms with Gasteiger partial charge in [-0.1, -0.05) is 13.3 Å². The van der Waals surface area contributed by atoms with Crippen molar-refractivity contribution < 1.29 is 9.53 Å². The Labute approximate surface area is 105 Å². The molecule has 0 aliphatic carbocycles. The van der Waals surface area contributed by atoms with Crippen molar-refractivity contribution in [3.8, 4) is 0 Å². The molecule has 0 aromatic rings. The fraction of sp³-hybridized carbons (Fsp3) is 0.923. The molecule has 1 heterocycles. The van der Waals surface area contributed by atoms with Gasteiger partial charge in [-0.05, 0) is 33.2 Å². The third-order valence-electron chi connectivity index (χ3n) is 3.71. The maximum absolute atomic E-state index is 11.7. The van der Waals surface area contributed by atoms with Gasteiger partial charge < -0.3 is 10.1 Å². The van der Waals surface area contributed by atoms with E-state index in [2.05, 4.69) is 24.1 Å². The van der Waals surface area contributed by atoms with Crippen LogP contribution in [-0.4, -0.2) is 49.2 Å². The maximum Gasteiger partial charge on any atom is 0.324 e. The number of hydrogen-bond acceptors (Lipinski definition) is 4. The van der Waals surface area contributed by atoms with Gasteiger partial charge in [-0.3, -0.25) is 9.69 Å². The van der Waals surface area contributed by atoms with Crippen LogP contribution in [0.15, 0.2) is 0 Å². The molecule has 0 aromatic carbocycles. The summed E-state index contributed by atoms with van der Waals surface area (Å²) in [5, 5.41) is 3.21. The zero-order chi connectivity index (χ0) is 12.8. The number of carbonyl (C=O) groups excluding carboxylic acids is 1. The molecule has 0 aromatic heterocycles. The van der Waals surface area contributed by atoms with Crippen molar-refractivity contribution in [3.05, 3.63) is 0 Å². The van der Waals surface area contributed by atoms with Crippen LogP contribution in [0.1, 0.15) is 40.0 Å². The van der Waals surface area contributed by atoms with Crippen LogP contribution in [0.3, 0.4) is 0 Å². The van der Waals surface area contributed by atoms with Gasteiger partial charge in [0, 0.05) is 18.6 Å². The predicted molar refractivity (Wildman–Crippen MR) is 69.0 cm³/mol. The second kappa shape index (κ2) is 6.97. The van der Waals surface area contributed by atoms with Gasteiger partial charge in [-0.15, -0.1) is 0 Å². The van der Waals surface area contributed by atoms with Crippen molar-refractivity contribution in [2.45, 2.75) is 58.2 Å². The number of nitrogens with one attached hydrogen (secondary N) is 1. The maximum atomic E-state index is 11.7. The Bertz CT molecular complexity index is 236. The van der Waals surface area contributed by atoms with E-state index in [1.807, 2.05) is 6.92 Å². The molecule has 0 radical (unpaired) electrons. The summed E-state index contributed by atoms with van der Waals surface area (Å²) in [7, 11) is 1.45. The van der Waals surface area contributed by atoms with E-state index in [4.69, 9.17) is 4.74 Å². The Kier molecular flexibility index (Phi) is 5.92. The number of likely N-dealkylation sites (tertiary alicyclic amines) is 1. The van der Waals surface area contributed by atoms with Crippen molar-refractivity contribution >= 4 is 5.97 Å². The molecule has 1 N–H and O–H groups in total. The van der Waals surface area contributed by atoms with Gasteiger partial charge in [-0.25, -0.2) is 0 Å². The van der Waals surface area contributed by atoms with Crippen LogP contribution < -0.4 is 5.32 Å². The van der Waals surface area contributed by atoms with Gasteiger partial charge in [0.25, 0.3) is 0 Å². The summed E-state index contributed by atoms with van der Waals surface area (Å²) in [4.78, 5) is 14.1. The molecule has 1 unspecified atom stereocenters. The van der Waals surface area contributed by atoms with Crippen LogP contribution in [0.2, 0.25) is 0 Å². The van der Waals surface area contributed by atoms with E-state index in [0.29, 0.717) is 12.1 Å². The minimum absolute atomic E-state index is 0.156. The highest BCUT2D eigenvalue weighted by molar-refractivity contribution is 5.75. The number of piperidine rings is 1. The predicted octanol–water partition coefficient (Wildman–Crippen LogP) is 1.40. The highest BCUT2D eigenvalue weighted by Crippen LogP contribution is 2.22. The summed E-state index contributed by atoms with van der Waals surface area (Å²) in [6.07, 6.45) is 3.75. The van der Waals surface area contributed by atoms with Crippen LogP contribution in [0.25, 0.3) is 0 Å². The number of likely N-dealkylation sites (N-methyl/N-ethyl adjacent to an activating group) is 1.